The number of carbonyl (C=O) groups excluding carboxylic acids is 1. The molecule has 1 aliphatic carbocycles. The summed E-state index contributed by atoms with van der Waals surface area (Å²) in [5.74, 6) is 1.08. The molecule has 22 heavy (non-hydrogen) atoms. The third kappa shape index (κ3) is 5.34. The molecule has 1 aromatic carbocycles. The molecule has 1 aliphatic rings. The van der Waals surface area contributed by atoms with Gasteiger partial charge in [0, 0.05) is 23.5 Å². The Bertz CT molecular complexity index is 468. The fourth-order valence-corrected chi connectivity index (χ4v) is 2.85. The van der Waals surface area contributed by atoms with E-state index in [1.54, 1.807) is 12.1 Å². The van der Waals surface area contributed by atoms with Gasteiger partial charge in [-0.15, -0.1) is 12.4 Å². The summed E-state index contributed by atoms with van der Waals surface area (Å²) in [7, 11) is 0. The molecule has 124 valence electrons. The van der Waals surface area contributed by atoms with Gasteiger partial charge in [-0.1, -0.05) is 11.6 Å². The first-order valence-electron chi connectivity index (χ1n) is 7.53. The molecule has 1 saturated carbocycles. The maximum Gasteiger partial charge on any atom is 0.225 e. The number of halogens is 2. The van der Waals surface area contributed by atoms with Crippen molar-refractivity contribution in [3.63, 3.8) is 0 Å². The number of nitrogens with two attached hydrogens (primary N) is 1. The Hall–Kier alpha value is -0.970. The lowest BCUT2D eigenvalue weighted by Crippen LogP contribution is -2.38. The quantitative estimate of drug-likeness (QED) is 0.860. The number of carbonyl (C=O) groups is 1. The summed E-state index contributed by atoms with van der Waals surface area (Å²) in [4.78, 5) is 14.3. The molecule has 0 spiro atoms. The molecule has 0 radical (unpaired) electrons. The first-order chi connectivity index (χ1) is 10.1. The lowest BCUT2D eigenvalue weighted by Gasteiger charge is -2.24. The van der Waals surface area contributed by atoms with Crippen molar-refractivity contribution >= 4 is 29.9 Å². The van der Waals surface area contributed by atoms with Gasteiger partial charge in [0.05, 0.1) is 6.54 Å². The second-order valence-electron chi connectivity index (χ2n) is 5.49. The van der Waals surface area contributed by atoms with E-state index in [2.05, 4.69) is 0 Å². The van der Waals surface area contributed by atoms with Crippen LogP contribution in [0, 0.1) is 5.92 Å². The van der Waals surface area contributed by atoms with Crippen LogP contribution in [0.25, 0.3) is 0 Å². The average Bonchev–Trinajstić information content (AvgIpc) is 2.91. The number of hydrogen-bond acceptors (Lipinski definition) is 3. The highest BCUT2D eigenvalue weighted by atomic mass is 35.5. The van der Waals surface area contributed by atoms with Crippen molar-refractivity contribution in [2.75, 3.05) is 19.7 Å². The van der Waals surface area contributed by atoms with Crippen molar-refractivity contribution < 1.29 is 9.53 Å². The van der Waals surface area contributed by atoms with Crippen LogP contribution in [0.5, 0.6) is 5.75 Å². The molecular formula is C16H24Cl2N2O2. The molecule has 6 heteroatoms. The number of likely N-dealkylation sites (N-methyl/N-ethyl adjacent to an activating group) is 1. The van der Waals surface area contributed by atoms with Crippen LogP contribution in [-0.2, 0) is 4.79 Å². The fraction of sp³-hybridized carbons (Fsp3) is 0.562. The largest absolute Gasteiger partial charge is 0.492 e. The van der Waals surface area contributed by atoms with Gasteiger partial charge in [0.15, 0.2) is 0 Å². The van der Waals surface area contributed by atoms with Crippen LogP contribution in [0.2, 0.25) is 5.02 Å². The van der Waals surface area contributed by atoms with Crippen LogP contribution >= 0.6 is 24.0 Å². The standard InChI is InChI=1S/C16H23ClN2O2.ClH/c1-2-19(16(20)12-3-6-14(18)11-12)9-10-21-15-7-4-13(17)5-8-15;/h4-5,7-8,12,14H,2-3,6,9-11,18H2,1H3;1H/t12-,14+;/m0./s1. The molecule has 1 fully saturated rings. The van der Waals surface area contributed by atoms with Gasteiger partial charge < -0.3 is 15.4 Å². The molecule has 0 saturated heterocycles. The first-order valence-corrected chi connectivity index (χ1v) is 7.90. The van der Waals surface area contributed by atoms with Crippen molar-refractivity contribution in [2.24, 2.45) is 11.7 Å². The lowest BCUT2D eigenvalue weighted by atomic mass is 10.1. The summed E-state index contributed by atoms with van der Waals surface area (Å²) in [5, 5.41) is 0.685. The van der Waals surface area contributed by atoms with Crippen LogP contribution in [0.3, 0.4) is 0 Å². The smallest absolute Gasteiger partial charge is 0.225 e. The normalized spacial score (nSPS) is 20.3. The van der Waals surface area contributed by atoms with E-state index in [0.717, 1.165) is 25.0 Å². The molecule has 0 bridgehead atoms. The molecule has 1 aromatic rings. The van der Waals surface area contributed by atoms with E-state index in [9.17, 15) is 4.79 Å². The molecule has 4 nitrogen and oxygen atoms in total. The zero-order valence-electron chi connectivity index (χ0n) is 12.8. The molecule has 0 unspecified atom stereocenters. The molecule has 2 atom stereocenters. The highest BCUT2D eigenvalue weighted by Gasteiger charge is 2.30. The number of rotatable bonds is 6. The van der Waals surface area contributed by atoms with Gasteiger partial charge in [-0.25, -0.2) is 0 Å². The van der Waals surface area contributed by atoms with E-state index in [-0.39, 0.29) is 30.3 Å². The second kappa shape index (κ2) is 9.23. The van der Waals surface area contributed by atoms with Gasteiger partial charge in [-0.05, 0) is 50.5 Å². The highest BCUT2D eigenvalue weighted by molar-refractivity contribution is 6.30. The molecule has 1 amide bonds. The maximum atomic E-state index is 12.4. The zero-order valence-corrected chi connectivity index (χ0v) is 14.4. The fourth-order valence-electron chi connectivity index (χ4n) is 2.73. The molecular weight excluding hydrogens is 323 g/mol. The molecule has 2 rings (SSSR count). The van der Waals surface area contributed by atoms with Gasteiger partial charge in [0.1, 0.15) is 12.4 Å². The minimum atomic E-state index is 0. The number of hydrogen-bond donors (Lipinski definition) is 1. The third-order valence-corrected chi connectivity index (χ3v) is 4.21. The molecule has 0 aliphatic heterocycles. The molecule has 2 N–H and O–H groups in total. The van der Waals surface area contributed by atoms with Crippen molar-refractivity contribution in [1.82, 2.24) is 4.90 Å². The van der Waals surface area contributed by atoms with E-state index >= 15 is 0 Å². The van der Waals surface area contributed by atoms with Gasteiger partial charge in [0.2, 0.25) is 5.91 Å². The summed E-state index contributed by atoms with van der Waals surface area (Å²) in [5.41, 5.74) is 5.89. The van der Waals surface area contributed by atoms with E-state index in [0.29, 0.717) is 24.7 Å². The second-order valence-corrected chi connectivity index (χ2v) is 5.93. The molecule has 0 aromatic heterocycles. The summed E-state index contributed by atoms with van der Waals surface area (Å²) < 4.78 is 5.65. The summed E-state index contributed by atoms with van der Waals surface area (Å²) in [6.07, 6.45) is 2.68. The number of amides is 1. The topological polar surface area (TPSA) is 55.6 Å². The van der Waals surface area contributed by atoms with Crippen molar-refractivity contribution in [1.29, 1.82) is 0 Å². The Morgan fingerprint density at radius 3 is 2.59 bits per heavy atom. The predicted molar refractivity (Wildman–Crippen MR) is 91.8 cm³/mol. The predicted octanol–water partition coefficient (Wildman–Crippen LogP) is 3.12. The molecule has 0 heterocycles. The average molecular weight is 347 g/mol. The monoisotopic (exact) mass is 346 g/mol. The SMILES string of the molecule is CCN(CCOc1ccc(Cl)cc1)C(=O)[C@H]1CC[C@@H](N)C1.Cl. The van der Waals surface area contributed by atoms with E-state index in [4.69, 9.17) is 22.1 Å². The summed E-state index contributed by atoms with van der Waals surface area (Å²) in [6.45, 7) is 3.79. The zero-order chi connectivity index (χ0) is 15.2. The minimum absolute atomic E-state index is 0. The number of ether oxygens (including phenoxy) is 1. The Kier molecular flexibility index (Phi) is 8.01. The summed E-state index contributed by atoms with van der Waals surface area (Å²) in [6, 6.07) is 7.43. The Balaban J connectivity index is 0.00000242. The lowest BCUT2D eigenvalue weighted by molar-refractivity contribution is -0.135. The van der Waals surface area contributed by atoms with Gasteiger partial charge >= 0.3 is 0 Å². The third-order valence-electron chi connectivity index (χ3n) is 3.96. The van der Waals surface area contributed by atoms with Gasteiger partial charge in [0.25, 0.3) is 0 Å². The minimum Gasteiger partial charge on any atom is -0.492 e. The first kappa shape index (κ1) is 19.1. The van der Waals surface area contributed by atoms with Gasteiger partial charge in [-0.3, -0.25) is 4.79 Å². The Morgan fingerprint density at radius 2 is 2.05 bits per heavy atom. The van der Waals surface area contributed by atoms with E-state index in [1.165, 1.54) is 0 Å². The maximum absolute atomic E-state index is 12.4. The van der Waals surface area contributed by atoms with E-state index < -0.39 is 0 Å². The summed E-state index contributed by atoms with van der Waals surface area (Å²) >= 11 is 5.83. The van der Waals surface area contributed by atoms with Crippen molar-refractivity contribution in [2.45, 2.75) is 32.2 Å². The van der Waals surface area contributed by atoms with Crippen LogP contribution in [-0.4, -0.2) is 36.5 Å². The van der Waals surface area contributed by atoms with E-state index in [1.807, 2.05) is 24.0 Å². The highest BCUT2D eigenvalue weighted by Crippen LogP contribution is 2.26. The van der Waals surface area contributed by atoms with Crippen LogP contribution in [0.15, 0.2) is 24.3 Å². The van der Waals surface area contributed by atoms with Gasteiger partial charge in [-0.2, -0.15) is 0 Å². The van der Waals surface area contributed by atoms with Crippen molar-refractivity contribution in [3.8, 4) is 5.75 Å². The van der Waals surface area contributed by atoms with Crippen LogP contribution in [0.1, 0.15) is 26.2 Å². The number of benzene rings is 1. The Morgan fingerprint density at radius 1 is 1.36 bits per heavy atom. The number of nitrogens with zero attached hydrogens (tertiary/aromatic N) is 1. The van der Waals surface area contributed by atoms with Crippen molar-refractivity contribution in [3.05, 3.63) is 29.3 Å². The van der Waals surface area contributed by atoms with Crippen LogP contribution < -0.4 is 10.5 Å². The Labute approximate surface area is 143 Å². The van der Waals surface area contributed by atoms with Crippen LogP contribution in [0.4, 0.5) is 0 Å².